The molecule has 5 heteroatoms. The Morgan fingerprint density at radius 1 is 0.821 bits per heavy atom. The summed E-state index contributed by atoms with van der Waals surface area (Å²) < 4.78 is 0. The second-order valence-corrected chi connectivity index (χ2v) is 6.36. The van der Waals surface area contributed by atoms with E-state index in [0.29, 0.717) is 0 Å². The summed E-state index contributed by atoms with van der Waals surface area (Å²) in [5, 5.41) is 23.8. The Balaban J connectivity index is 2.10. The van der Waals surface area contributed by atoms with Crippen molar-refractivity contribution in [3.63, 3.8) is 0 Å². The molecule has 0 atom stereocenters. The van der Waals surface area contributed by atoms with Gasteiger partial charge < -0.3 is 5.11 Å². The Morgan fingerprint density at radius 2 is 1.32 bits per heavy atom. The zero-order valence-electron chi connectivity index (χ0n) is 14.7. The number of fused-ring (bicyclic) bond motifs is 2. The first-order valence-electron chi connectivity index (χ1n) is 8.65. The predicted octanol–water partition coefficient (Wildman–Crippen LogP) is 5.67. The Bertz CT molecular complexity index is 1200. The van der Waals surface area contributed by atoms with Gasteiger partial charge in [0.15, 0.2) is 0 Å². The highest BCUT2D eigenvalue weighted by Crippen LogP contribution is 2.40. The lowest BCUT2D eigenvalue weighted by atomic mass is 9.88. The van der Waals surface area contributed by atoms with Crippen molar-refractivity contribution < 1.29 is 14.8 Å². The van der Waals surface area contributed by atoms with Crippen LogP contribution in [0.4, 0.5) is 5.69 Å². The van der Waals surface area contributed by atoms with Crippen molar-refractivity contribution in [1.29, 1.82) is 0 Å². The van der Waals surface area contributed by atoms with Gasteiger partial charge in [0.05, 0.1) is 4.92 Å². The SMILES string of the molecule is O=C(O)/C=C/c1c2ccccc2c(-c2ccc([N+](=O)[O-])cc2)c2ccccc12. The third-order valence-electron chi connectivity index (χ3n) is 4.73. The van der Waals surface area contributed by atoms with Crippen LogP contribution in [0.1, 0.15) is 5.56 Å². The van der Waals surface area contributed by atoms with Crippen LogP contribution in [-0.4, -0.2) is 16.0 Å². The van der Waals surface area contributed by atoms with Gasteiger partial charge in [0.25, 0.3) is 5.69 Å². The summed E-state index contributed by atoms with van der Waals surface area (Å²) in [5.41, 5.74) is 2.71. The third-order valence-corrected chi connectivity index (χ3v) is 4.73. The van der Waals surface area contributed by atoms with Crippen LogP contribution in [0.25, 0.3) is 38.7 Å². The lowest BCUT2D eigenvalue weighted by Gasteiger charge is -2.15. The van der Waals surface area contributed by atoms with Gasteiger partial charge in [0.1, 0.15) is 0 Å². The number of carboxylic acid groups (broad SMARTS) is 1. The van der Waals surface area contributed by atoms with Crippen LogP contribution in [0, 0.1) is 10.1 Å². The molecule has 0 radical (unpaired) electrons. The van der Waals surface area contributed by atoms with Crippen LogP contribution in [0.15, 0.2) is 78.9 Å². The van der Waals surface area contributed by atoms with Gasteiger partial charge >= 0.3 is 5.97 Å². The van der Waals surface area contributed by atoms with E-state index in [4.69, 9.17) is 5.11 Å². The Hall–Kier alpha value is -3.99. The standard InChI is InChI=1S/C23H15NO4/c25-22(26)14-13-19-17-5-1-3-7-20(17)23(21-8-4-2-6-18(19)21)15-9-11-16(12-10-15)24(27)28/h1-14H,(H,25,26)/b14-13+. The second-order valence-electron chi connectivity index (χ2n) is 6.36. The number of hydrogen-bond acceptors (Lipinski definition) is 3. The molecule has 4 aromatic carbocycles. The fourth-order valence-electron chi connectivity index (χ4n) is 3.56. The van der Waals surface area contributed by atoms with Gasteiger partial charge in [-0.1, -0.05) is 48.5 Å². The Labute approximate surface area is 160 Å². The summed E-state index contributed by atoms with van der Waals surface area (Å²) in [6, 6.07) is 22.0. The smallest absolute Gasteiger partial charge is 0.328 e. The maximum absolute atomic E-state index is 11.1. The van der Waals surface area contributed by atoms with E-state index in [9.17, 15) is 14.9 Å². The van der Waals surface area contributed by atoms with Crippen molar-refractivity contribution in [1.82, 2.24) is 0 Å². The molecule has 0 aliphatic rings. The lowest BCUT2D eigenvalue weighted by Crippen LogP contribution is -1.92. The molecule has 0 spiro atoms. The third kappa shape index (κ3) is 2.99. The first-order valence-corrected chi connectivity index (χ1v) is 8.65. The van der Waals surface area contributed by atoms with E-state index in [1.54, 1.807) is 18.2 Å². The van der Waals surface area contributed by atoms with Gasteiger partial charge in [-0.2, -0.15) is 0 Å². The summed E-state index contributed by atoms with van der Waals surface area (Å²) in [6.45, 7) is 0. The maximum atomic E-state index is 11.1. The van der Waals surface area contributed by atoms with E-state index in [1.165, 1.54) is 12.1 Å². The molecule has 0 aliphatic heterocycles. The van der Waals surface area contributed by atoms with Crippen LogP contribution in [-0.2, 0) is 4.79 Å². The Kier molecular flexibility index (Phi) is 4.33. The van der Waals surface area contributed by atoms with Crippen molar-refractivity contribution >= 4 is 39.3 Å². The summed E-state index contributed by atoms with van der Waals surface area (Å²) in [4.78, 5) is 21.7. The van der Waals surface area contributed by atoms with Crippen molar-refractivity contribution in [3.8, 4) is 11.1 Å². The molecule has 5 nitrogen and oxygen atoms in total. The molecule has 0 aliphatic carbocycles. The van der Waals surface area contributed by atoms with Gasteiger partial charge in [-0.3, -0.25) is 10.1 Å². The highest BCUT2D eigenvalue weighted by atomic mass is 16.6. The molecule has 4 aromatic rings. The molecule has 0 fully saturated rings. The molecule has 136 valence electrons. The number of nitro groups is 1. The quantitative estimate of drug-likeness (QED) is 0.218. The molecule has 0 unspecified atom stereocenters. The predicted molar refractivity (Wildman–Crippen MR) is 110 cm³/mol. The molecule has 0 saturated carbocycles. The number of benzene rings is 4. The minimum Gasteiger partial charge on any atom is -0.478 e. The highest BCUT2D eigenvalue weighted by molar-refractivity contribution is 6.17. The molecular weight excluding hydrogens is 354 g/mol. The van der Waals surface area contributed by atoms with Crippen molar-refractivity contribution in [3.05, 3.63) is 94.6 Å². The van der Waals surface area contributed by atoms with Crippen LogP contribution in [0.5, 0.6) is 0 Å². The van der Waals surface area contributed by atoms with E-state index >= 15 is 0 Å². The first-order chi connectivity index (χ1) is 13.6. The Morgan fingerprint density at radius 3 is 1.79 bits per heavy atom. The fourth-order valence-corrected chi connectivity index (χ4v) is 3.56. The van der Waals surface area contributed by atoms with E-state index in [2.05, 4.69) is 0 Å². The minimum absolute atomic E-state index is 0.0402. The van der Waals surface area contributed by atoms with Crippen LogP contribution in [0.3, 0.4) is 0 Å². The summed E-state index contributed by atoms with van der Waals surface area (Å²) in [6.07, 6.45) is 2.76. The number of non-ortho nitro benzene ring substituents is 1. The van der Waals surface area contributed by atoms with Crippen molar-refractivity contribution in [2.24, 2.45) is 0 Å². The number of hydrogen-bond donors (Lipinski definition) is 1. The average Bonchev–Trinajstić information content (AvgIpc) is 2.71. The largest absolute Gasteiger partial charge is 0.478 e. The molecule has 0 heterocycles. The molecular formula is C23H15NO4. The highest BCUT2D eigenvalue weighted by Gasteiger charge is 2.15. The van der Waals surface area contributed by atoms with E-state index in [-0.39, 0.29) is 5.69 Å². The van der Waals surface area contributed by atoms with Crippen molar-refractivity contribution in [2.45, 2.75) is 0 Å². The summed E-state index contributed by atoms with van der Waals surface area (Å²) in [5.74, 6) is -1.01. The summed E-state index contributed by atoms with van der Waals surface area (Å²) in [7, 11) is 0. The van der Waals surface area contributed by atoms with Crippen LogP contribution in [0.2, 0.25) is 0 Å². The van der Waals surface area contributed by atoms with Crippen molar-refractivity contribution in [2.75, 3.05) is 0 Å². The monoisotopic (exact) mass is 369 g/mol. The van der Waals surface area contributed by atoms with E-state index in [1.807, 2.05) is 48.5 Å². The zero-order chi connectivity index (χ0) is 19.7. The van der Waals surface area contributed by atoms with Gasteiger partial charge in [-0.25, -0.2) is 4.79 Å². The minimum atomic E-state index is -1.01. The molecule has 0 amide bonds. The molecule has 1 N–H and O–H groups in total. The molecule has 28 heavy (non-hydrogen) atoms. The van der Waals surface area contributed by atoms with Gasteiger partial charge in [-0.15, -0.1) is 0 Å². The normalized spacial score (nSPS) is 11.3. The number of rotatable bonds is 4. The fraction of sp³-hybridized carbons (Fsp3) is 0. The number of carboxylic acids is 1. The van der Waals surface area contributed by atoms with E-state index < -0.39 is 10.9 Å². The lowest BCUT2D eigenvalue weighted by molar-refractivity contribution is -0.384. The maximum Gasteiger partial charge on any atom is 0.328 e. The van der Waals surface area contributed by atoms with Gasteiger partial charge in [0.2, 0.25) is 0 Å². The topological polar surface area (TPSA) is 80.4 Å². The number of nitrogens with zero attached hydrogens (tertiary/aromatic N) is 1. The molecule has 4 rings (SSSR count). The summed E-state index contributed by atoms with van der Waals surface area (Å²) >= 11 is 0. The van der Waals surface area contributed by atoms with E-state index in [0.717, 1.165) is 44.3 Å². The number of aliphatic carboxylic acids is 1. The number of carbonyl (C=O) groups is 1. The van der Waals surface area contributed by atoms with Gasteiger partial charge in [0, 0.05) is 18.2 Å². The van der Waals surface area contributed by atoms with Crippen LogP contribution >= 0.6 is 0 Å². The average molecular weight is 369 g/mol. The first kappa shape index (κ1) is 17.4. The molecule has 0 saturated heterocycles. The van der Waals surface area contributed by atoms with Crippen LogP contribution < -0.4 is 0 Å². The zero-order valence-corrected chi connectivity index (χ0v) is 14.7. The molecule has 0 aromatic heterocycles. The van der Waals surface area contributed by atoms with Gasteiger partial charge in [-0.05, 0) is 56.4 Å². The number of nitro benzene ring substituents is 1. The molecule has 0 bridgehead atoms. The second kappa shape index (κ2) is 6.96.